The Morgan fingerprint density at radius 2 is 1.77 bits per heavy atom. The summed E-state index contributed by atoms with van der Waals surface area (Å²) in [4.78, 5) is 8.91. The Labute approximate surface area is 154 Å². The Morgan fingerprint density at radius 1 is 0.962 bits per heavy atom. The lowest BCUT2D eigenvalue weighted by molar-refractivity contribution is 0.292. The number of ether oxygens (including phenoxy) is 2. The molecule has 0 bridgehead atoms. The maximum Gasteiger partial charge on any atom is 0.230 e. The number of hydrogen-bond acceptors (Lipinski definition) is 5. The van der Waals surface area contributed by atoms with E-state index in [1.807, 2.05) is 49.4 Å². The third-order valence-corrected chi connectivity index (χ3v) is 3.94. The molecule has 0 unspecified atom stereocenters. The summed E-state index contributed by atoms with van der Waals surface area (Å²) in [5.74, 6) is 1.87. The number of methoxy groups -OCH3 is 1. The highest BCUT2D eigenvalue weighted by Crippen LogP contribution is 2.20. The molecule has 0 radical (unpaired) electrons. The van der Waals surface area contributed by atoms with Crippen LogP contribution in [-0.2, 0) is 13.0 Å². The van der Waals surface area contributed by atoms with Crippen molar-refractivity contribution in [2.45, 2.75) is 26.9 Å². The largest absolute Gasteiger partial charge is 0.497 e. The van der Waals surface area contributed by atoms with Gasteiger partial charge in [0, 0.05) is 17.4 Å². The SMILES string of the molecule is CCc1cccc(Nc2nc(C)cc(OCc3cccc(OC)c3)n2)c1. The molecule has 1 N–H and O–H groups in total. The molecule has 0 fully saturated rings. The molecule has 3 rings (SSSR count). The highest BCUT2D eigenvalue weighted by atomic mass is 16.5. The van der Waals surface area contributed by atoms with Crippen LogP contribution in [0.5, 0.6) is 11.6 Å². The molecule has 26 heavy (non-hydrogen) atoms. The molecule has 1 heterocycles. The summed E-state index contributed by atoms with van der Waals surface area (Å²) in [5.41, 5.74) is 4.09. The summed E-state index contributed by atoms with van der Waals surface area (Å²) in [6.45, 7) is 4.47. The number of rotatable bonds is 7. The Hall–Kier alpha value is -3.08. The van der Waals surface area contributed by atoms with E-state index in [1.165, 1.54) is 5.56 Å². The van der Waals surface area contributed by atoms with E-state index < -0.39 is 0 Å². The smallest absolute Gasteiger partial charge is 0.230 e. The van der Waals surface area contributed by atoms with Crippen LogP contribution in [0.1, 0.15) is 23.7 Å². The van der Waals surface area contributed by atoms with Gasteiger partial charge in [0.05, 0.1) is 7.11 Å². The second-order valence-corrected chi connectivity index (χ2v) is 5.99. The average molecular weight is 349 g/mol. The zero-order valence-corrected chi connectivity index (χ0v) is 15.3. The van der Waals surface area contributed by atoms with Crippen LogP contribution in [0.25, 0.3) is 0 Å². The van der Waals surface area contributed by atoms with Crippen molar-refractivity contribution < 1.29 is 9.47 Å². The average Bonchev–Trinajstić information content (AvgIpc) is 2.66. The van der Waals surface area contributed by atoms with Crippen molar-refractivity contribution in [2.75, 3.05) is 12.4 Å². The summed E-state index contributed by atoms with van der Waals surface area (Å²) < 4.78 is 11.1. The molecule has 3 aromatic rings. The lowest BCUT2D eigenvalue weighted by Crippen LogP contribution is -2.03. The number of nitrogens with zero attached hydrogens (tertiary/aromatic N) is 2. The topological polar surface area (TPSA) is 56.3 Å². The molecule has 0 saturated carbocycles. The van der Waals surface area contributed by atoms with E-state index in [0.717, 1.165) is 29.1 Å². The lowest BCUT2D eigenvalue weighted by atomic mass is 10.1. The quantitative estimate of drug-likeness (QED) is 0.671. The first-order valence-electron chi connectivity index (χ1n) is 8.63. The minimum Gasteiger partial charge on any atom is -0.497 e. The number of anilines is 2. The Balaban J connectivity index is 1.72. The zero-order valence-electron chi connectivity index (χ0n) is 15.3. The lowest BCUT2D eigenvalue weighted by Gasteiger charge is -2.11. The Morgan fingerprint density at radius 3 is 2.58 bits per heavy atom. The first-order chi connectivity index (χ1) is 12.7. The molecule has 134 valence electrons. The summed E-state index contributed by atoms with van der Waals surface area (Å²) >= 11 is 0. The van der Waals surface area contributed by atoms with Gasteiger partial charge in [0.15, 0.2) is 0 Å². The monoisotopic (exact) mass is 349 g/mol. The Kier molecular flexibility index (Phi) is 5.69. The van der Waals surface area contributed by atoms with E-state index in [1.54, 1.807) is 7.11 Å². The molecule has 0 aliphatic rings. The van der Waals surface area contributed by atoms with Crippen molar-refractivity contribution in [3.8, 4) is 11.6 Å². The summed E-state index contributed by atoms with van der Waals surface area (Å²) in [6, 6.07) is 17.8. The number of aromatic nitrogens is 2. The van der Waals surface area contributed by atoms with Crippen molar-refractivity contribution >= 4 is 11.6 Å². The molecule has 5 nitrogen and oxygen atoms in total. The predicted molar refractivity (Wildman–Crippen MR) is 103 cm³/mol. The highest BCUT2D eigenvalue weighted by Gasteiger charge is 2.05. The summed E-state index contributed by atoms with van der Waals surface area (Å²) in [6.07, 6.45) is 0.985. The molecule has 5 heteroatoms. The number of hydrogen-bond donors (Lipinski definition) is 1. The van der Waals surface area contributed by atoms with Gasteiger partial charge < -0.3 is 14.8 Å². The van der Waals surface area contributed by atoms with Gasteiger partial charge in [-0.1, -0.05) is 31.2 Å². The standard InChI is InChI=1S/C21H23N3O2/c1-4-16-7-5-9-18(12-16)23-21-22-15(2)11-20(24-21)26-14-17-8-6-10-19(13-17)25-3/h5-13H,4,14H2,1-3H3,(H,22,23,24). The molecule has 0 aliphatic heterocycles. The molecule has 0 saturated heterocycles. The third kappa shape index (κ3) is 4.72. The summed E-state index contributed by atoms with van der Waals surface area (Å²) in [5, 5.41) is 3.25. The first-order valence-corrected chi connectivity index (χ1v) is 8.63. The molecule has 2 aromatic carbocycles. The summed E-state index contributed by atoms with van der Waals surface area (Å²) in [7, 11) is 1.65. The van der Waals surface area contributed by atoms with E-state index in [9.17, 15) is 0 Å². The van der Waals surface area contributed by atoms with Crippen LogP contribution in [0.15, 0.2) is 54.6 Å². The van der Waals surface area contributed by atoms with E-state index >= 15 is 0 Å². The minimum absolute atomic E-state index is 0.415. The van der Waals surface area contributed by atoms with Crippen LogP contribution in [0.4, 0.5) is 11.6 Å². The highest BCUT2D eigenvalue weighted by molar-refractivity contribution is 5.54. The molecule has 0 amide bonds. The van der Waals surface area contributed by atoms with Crippen LogP contribution in [0.3, 0.4) is 0 Å². The van der Waals surface area contributed by atoms with Crippen LogP contribution >= 0.6 is 0 Å². The van der Waals surface area contributed by atoms with Gasteiger partial charge in [0.25, 0.3) is 0 Å². The van der Waals surface area contributed by atoms with Crippen molar-refractivity contribution in [1.29, 1.82) is 0 Å². The van der Waals surface area contributed by atoms with Crippen LogP contribution in [-0.4, -0.2) is 17.1 Å². The van der Waals surface area contributed by atoms with Gasteiger partial charge in [-0.15, -0.1) is 0 Å². The van der Waals surface area contributed by atoms with Gasteiger partial charge in [-0.2, -0.15) is 4.98 Å². The zero-order chi connectivity index (χ0) is 18.4. The van der Waals surface area contributed by atoms with Crippen LogP contribution in [0, 0.1) is 6.92 Å². The van der Waals surface area contributed by atoms with Crippen molar-refractivity contribution in [3.63, 3.8) is 0 Å². The maximum absolute atomic E-state index is 5.85. The number of benzene rings is 2. The Bertz CT molecular complexity index is 881. The van der Waals surface area contributed by atoms with Gasteiger partial charge in [-0.05, 0) is 48.7 Å². The molecule has 0 spiro atoms. The normalized spacial score (nSPS) is 10.4. The van der Waals surface area contributed by atoms with Gasteiger partial charge >= 0.3 is 0 Å². The van der Waals surface area contributed by atoms with Crippen molar-refractivity contribution in [1.82, 2.24) is 9.97 Å². The minimum atomic E-state index is 0.415. The molecule has 0 aliphatic carbocycles. The number of nitrogens with one attached hydrogen (secondary N) is 1. The van der Waals surface area contributed by atoms with Crippen molar-refractivity contribution in [3.05, 3.63) is 71.4 Å². The fraction of sp³-hybridized carbons (Fsp3) is 0.238. The van der Waals surface area contributed by atoms with E-state index in [-0.39, 0.29) is 0 Å². The maximum atomic E-state index is 5.85. The molecular formula is C21H23N3O2. The first kappa shape index (κ1) is 17.7. The second-order valence-electron chi connectivity index (χ2n) is 5.99. The molecule has 0 atom stereocenters. The van der Waals surface area contributed by atoms with Gasteiger partial charge in [0.1, 0.15) is 12.4 Å². The van der Waals surface area contributed by atoms with Crippen LogP contribution < -0.4 is 14.8 Å². The van der Waals surface area contributed by atoms with E-state index in [2.05, 4.69) is 34.3 Å². The fourth-order valence-corrected chi connectivity index (χ4v) is 2.59. The van der Waals surface area contributed by atoms with Crippen LogP contribution in [0.2, 0.25) is 0 Å². The fourth-order valence-electron chi connectivity index (χ4n) is 2.59. The van der Waals surface area contributed by atoms with Gasteiger partial charge in [-0.3, -0.25) is 0 Å². The van der Waals surface area contributed by atoms with Gasteiger partial charge in [0.2, 0.25) is 11.8 Å². The van der Waals surface area contributed by atoms with E-state index in [0.29, 0.717) is 18.4 Å². The van der Waals surface area contributed by atoms with Gasteiger partial charge in [-0.25, -0.2) is 4.98 Å². The molecular weight excluding hydrogens is 326 g/mol. The second kappa shape index (κ2) is 8.34. The van der Waals surface area contributed by atoms with Crippen molar-refractivity contribution in [2.24, 2.45) is 0 Å². The molecule has 1 aromatic heterocycles. The number of aryl methyl sites for hydroxylation is 2. The third-order valence-electron chi connectivity index (χ3n) is 3.94. The predicted octanol–water partition coefficient (Wildman–Crippen LogP) is 4.68. The van der Waals surface area contributed by atoms with E-state index in [4.69, 9.17) is 9.47 Å².